The number of carboxylic acids is 1. The quantitative estimate of drug-likeness (QED) is 0.706. The van der Waals surface area contributed by atoms with Gasteiger partial charge in [0.25, 0.3) is 0 Å². The van der Waals surface area contributed by atoms with Crippen molar-refractivity contribution in [3.8, 4) is 0 Å². The number of ether oxygens (including phenoxy) is 1. The molecule has 0 radical (unpaired) electrons. The maximum absolute atomic E-state index is 10.5. The molecule has 0 spiro atoms. The molecule has 106 valence electrons. The monoisotopic (exact) mass is 256 g/mol. The lowest BCUT2D eigenvalue weighted by atomic mass is 9.85. The van der Waals surface area contributed by atoms with E-state index in [4.69, 9.17) is 9.84 Å². The van der Waals surface area contributed by atoms with E-state index in [0.717, 1.165) is 11.8 Å². The number of hydrogen-bond acceptors (Lipinski definition) is 2. The molecule has 1 aliphatic rings. The molecule has 0 heterocycles. The predicted octanol–water partition coefficient (Wildman–Crippen LogP) is 3.72. The Morgan fingerprint density at radius 2 is 1.83 bits per heavy atom. The van der Waals surface area contributed by atoms with Crippen LogP contribution >= 0.6 is 0 Å². The number of carboxylic acid groups (broad SMARTS) is 1. The van der Waals surface area contributed by atoms with Crippen LogP contribution in [0.4, 0.5) is 0 Å². The van der Waals surface area contributed by atoms with Gasteiger partial charge in [-0.05, 0) is 30.6 Å². The smallest absolute Gasteiger partial charge is 0.329 e. The normalized spacial score (nSPS) is 28.9. The van der Waals surface area contributed by atoms with Crippen molar-refractivity contribution in [1.82, 2.24) is 0 Å². The Balaban J connectivity index is 2.45. The molecular weight excluding hydrogens is 228 g/mol. The Morgan fingerprint density at radius 3 is 2.39 bits per heavy atom. The first-order valence-electron chi connectivity index (χ1n) is 7.46. The Bertz CT molecular complexity index is 240. The van der Waals surface area contributed by atoms with Crippen LogP contribution in [0.3, 0.4) is 0 Å². The zero-order valence-electron chi connectivity index (χ0n) is 11.9. The molecular formula is C15H28O3. The van der Waals surface area contributed by atoms with Crippen LogP contribution in [-0.2, 0) is 9.53 Å². The van der Waals surface area contributed by atoms with Crippen molar-refractivity contribution >= 4 is 5.97 Å². The lowest BCUT2D eigenvalue weighted by Gasteiger charge is -2.24. The summed E-state index contributed by atoms with van der Waals surface area (Å²) in [7, 11) is 0. The minimum atomic E-state index is -0.859. The Hall–Kier alpha value is -0.570. The van der Waals surface area contributed by atoms with E-state index in [1.54, 1.807) is 0 Å². The van der Waals surface area contributed by atoms with Crippen LogP contribution in [0.2, 0.25) is 0 Å². The van der Waals surface area contributed by atoms with E-state index in [1.165, 1.54) is 44.9 Å². The molecule has 1 N–H and O–H groups in total. The fourth-order valence-electron chi connectivity index (χ4n) is 3.19. The predicted molar refractivity (Wildman–Crippen MR) is 72.6 cm³/mol. The lowest BCUT2D eigenvalue weighted by Crippen LogP contribution is -2.21. The third-order valence-corrected chi connectivity index (χ3v) is 4.35. The van der Waals surface area contributed by atoms with E-state index in [0.29, 0.717) is 12.5 Å². The number of hydrogen-bond donors (Lipinski definition) is 1. The van der Waals surface area contributed by atoms with Gasteiger partial charge in [0.15, 0.2) is 0 Å². The highest BCUT2D eigenvalue weighted by Gasteiger charge is 2.26. The minimum Gasteiger partial charge on any atom is -0.480 e. The molecule has 1 aliphatic carbocycles. The van der Waals surface area contributed by atoms with Crippen molar-refractivity contribution in [2.75, 3.05) is 13.2 Å². The molecule has 2 unspecified atom stereocenters. The lowest BCUT2D eigenvalue weighted by molar-refractivity contribution is -0.143. The number of carbonyl (C=O) groups is 1. The summed E-state index contributed by atoms with van der Waals surface area (Å²) in [4.78, 5) is 10.5. The van der Waals surface area contributed by atoms with Gasteiger partial charge in [-0.1, -0.05) is 46.0 Å². The van der Waals surface area contributed by atoms with E-state index in [9.17, 15) is 4.79 Å². The molecule has 0 aromatic rings. The minimum absolute atomic E-state index is 0.146. The Labute approximate surface area is 111 Å². The van der Waals surface area contributed by atoms with Gasteiger partial charge in [-0.2, -0.15) is 0 Å². The number of rotatable bonds is 7. The first-order valence-corrected chi connectivity index (χ1v) is 7.46. The largest absolute Gasteiger partial charge is 0.480 e. The third kappa shape index (κ3) is 5.38. The summed E-state index contributed by atoms with van der Waals surface area (Å²) in [6.45, 7) is 5.00. The first kappa shape index (κ1) is 15.5. The van der Waals surface area contributed by atoms with E-state index in [1.807, 2.05) is 0 Å². The van der Waals surface area contributed by atoms with Gasteiger partial charge in [0.05, 0.1) is 6.61 Å². The molecule has 0 aromatic carbocycles. The summed E-state index contributed by atoms with van der Waals surface area (Å²) in [5.41, 5.74) is 0. The van der Waals surface area contributed by atoms with Gasteiger partial charge < -0.3 is 9.84 Å². The van der Waals surface area contributed by atoms with Crippen molar-refractivity contribution in [2.45, 2.75) is 58.8 Å². The molecule has 0 aromatic heterocycles. The van der Waals surface area contributed by atoms with Gasteiger partial charge in [0, 0.05) is 0 Å². The van der Waals surface area contributed by atoms with Crippen LogP contribution in [0.15, 0.2) is 0 Å². The molecule has 1 fully saturated rings. The van der Waals surface area contributed by atoms with Gasteiger partial charge in [-0.25, -0.2) is 4.79 Å². The average Bonchev–Trinajstić information content (AvgIpc) is 2.53. The van der Waals surface area contributed by atoms with Crippen LogP contribution in [0.5, 0.6) is 0 Å². The fourth-order valence-corrected chi connectivity index (χ4v) is 3.19. The van der Waals surface area contributed by atoms with Crippen LogP contribution in [0.1, 0.15) is 58.8 Å². The van der Waals surface area contributed by atoms with E-state index in [2.05, 4.69) is 13.8 Å². The van der Waals surface area contributed by atoms with Gasteiger partial charge in [-0.15, -0.1) is 0 Å². The highest BCUT2D eigenvalue weighted by atomic mass is 16.5. The third-order valence-electron chi connectivity index (χ3n) is 4.35. The van der Waals surface area contributed by atoms with Crippen LogP contribution < -0.4 is 0 Å². The van der Waals surface area contributed by atoms with Crippen LogP contribution in [0.25, 0.3) is 0 Å². The highest BCUT2D eigenvalue weighted by molar-refractivity contribution is 5.67. The highest BCUT2D eigenvalue weighted by Crippen LogP contribution is 2.35. The van der Waals surface area contributed by atoms with Gasteiger partial charge in [0.1, 0.15) is 6.61 Å². The Kier molecular flexibility index (Phi) is 7.33. The molecule has 3 nitrogen and oxygen atoms in total. The summed E-state index contributed by atoms with van der Waals surface area (Å²) in [6, 6.07) is 0. The second-order valence-electron chi connectivity index (χ2n) is 5.65. The van der Waals surface area contributed by atoms with Crippen molar-refractivity contribution < 1.29 is 14.6 Å². The van der Waals surface area contributed by atoms with E-state index in [-0.39, 0.29) is 6.61 Å². The second-order valence-corrected chi connectivity index (χ2v) is 5.65. The second kappa shape index (κ2) is 8.52. The summed E-state index contributed by atoms with van der Waals surface area (Å²) in [5.74, 6) is 1.32. The zero-order chi connectivity index (χ0) is 13.4. The zero-order valence-corrected chi connectivity index (χ0v) is 11.9. The topological polar surface area (TPSA) is 46.5 Å². The average molecular weight is 256 g/mol. The molecule has 1 rings (SSSR count). The number of aliphatic carboxylic acids is 1. The molecule has 0 amide bonds. The molecule has 3 atom stereocenters. The van der Waals surface area contributed by atoms with Gasteiger partial charge >= 0.3 is 5.97 Å². The molecule has 0 bridgehead atoms. The summed E-state index contributed by atoms with van der Waals surface area (Å²) in [5, 5.41) is 8.62. The summed E-state index contributed by atoms with van der Waals surface area (Å²) >= 11 is 0. The maximum Gasteiger partial charge on any atom is 0.329 e. The van der Waals surface area contributed by atoms with Gasteiger partial charge in [-0.3, -0.25) is 0 Å². The fraction of sp³-hybridized carbons (Fsp3) is 0.933. The van der Waals surface area contributed by atoms with Crippen molar-refractivity contribution in [2.24, 2.45) is 17.8 Å². The summed E-state index contributed by atoms with van der Waals surface area (Å²) in [6.07, 6.45) is 8.90. The molecule has 0 aliphatic heterocycles. The molecule has 1 saturated carbocycles. The van der Waals surface area contributed by atoms with E-state index >= 15 is 0 Å². The Morgan fingerprint density at radius 1 is 1.17 bits per heavy atom. The SMILES string of the molecule is CCCC1CC[C@@H](CC)CCC1COCC(=O)O. The maximum atomic E-state index is 10.5. The van der Waals surface area contributed by atoms with Crippen molar-refractivity contribution in [3.63, 3.8) is 0 Å². The van der Waals surface area contributed by atoms with Crippen molar-refractivity contribution in [3.05, 3.63) is 0 Å². The standard InChI is InChI=1S/C15H28O3/c1-3-5-13-8-6-12(4-2)7-9-14(13)10-18-11-15(16)17/h12-14H,3-11H2,1-2H3,(H,16,17)/t12-,13?,14?/m1/s1. The summed E-state index contributed by atoms with van der Waals surface area (Å²) < 4.78 is 5.34. The van der Waals surface area contributed by atoms with Crippen LogP contribution in [0, 0.1) is 17.8 Å². The van der Waals surface area contributed by atoms with E-state index < -0.39 is 5.97 Å². The van der Waals surface area contributed by atoms with Crippen molar-refractivity contribution in [1.29, 1.82) is 0 Å². The molecule has 0 saturated heterocycles. The molecule has 18 heavy (non-hydrogen) atoms. The first-order chi connectivity index (χ1) is 8.67. The van der Waals surface area contributed by atoms with Crippen LogP contribution in [-0.4, -0.2) is 24.3 Å². The molecule has 3 heteroatoms. The van der Waals surface area contributed by atoms with Gasteiger partial charge in [0.2, 0.25) is 0 Å².